The monoisotopic (exact) mass is 367 g/mol. The van der Waals surface area contributed by atoms with Crippen molar-refractivity contribution in [2.45, 2.75) is 6.54 Å². The van der Waals surface area contributed by atoms with Crippen molar-refractivity contribution in [1.29, 1.82) is 0 Å². The Morgan fingerprint density at radius 2 is 2.21 bits per heavy atom. The summed E-state index contributed by atoms with van der Waals surface area (Å²) in [5.74, 6) is -0.138. The fourth-order valence-electron chi connectivity index (χ4n) is 1.66. The molecule has 1 aliphatic rings. The number of ether oxygens (including phenoxy) is 1. The predicted octanol–water partition coefficient (Wildman–Crippen LogP) is 2.51. The smallest absolute Gasteiger partial charge is 0.325 e. The van der Waals surface area contributed by atoms with Crippen LogP contribution >= 0.6 is 40.2 Å². The largest absolute Gasteiger partial charge is 0.468 e. The highest BCUT2D eigenvalue weighted by molar-refractivity contribution is 8.93. The topological polar surface area (TPSA) is 67.9 Å². The standard InChI is InChI=1S/C11H11Cl2N3O2.BrH/c1-18-9(17)5-16-4-6-8(15-11(16)14)3-2-7(12)10(6)13;/h2-3H,4-5H2,1H3,(H2,14,15);1H. The fourth-order valence-corrected chi connectivity index (χ4v) is 2.06. The molecule has 0 fully saturated rings. The van der Waals surface area contributed by atoms with E-state index in [2.05, 4.69) is 9.73 Å². The summed E-state index contributed by atoms with van der Waals surface area (Å²) in [6.45, 7) is 0.396. The van der Waals surface area contributed by atoms with Crippen LogP contribution in [0.4, 0.5) is 5.69 Å². The Labute approximate surface area is 131 Å². The number of guanidine groups is 1. The van der Waals surface area contributed by atoms with E-state index in [4.69, 9.17) is 28.9 Å². The molecule has 0 aromatic heterocycles. The SMILES string of the molecule is Br.COC(=O)CN1Cc2c(ccc(Cl)c2Cl)N=C1N. The zero-order valence-electron chi connectivity index (χ0n) is 10.0. The first-order valence-corrected chi connectivity index (χ1v) is 5.91. The van der Waals surface area contributed by atoms with E-state index in [0.29, 0.717) is 22.3 Å². The van der Waals surface area contributed by atoms with E-state index in [-0.39, 0.29) is 29.5 Å². The van der Waals surface area contributed by atoms with Crippen LogP contribution < -0.4 is 5.73 Å². The van der Waals surface area contributed by atoms with Crippen molar-refractivity contribution < 1.29 is 9.53 Å². The van der Waals surface area contributed by atoms with Crippen molar-refractivity contribution in [3.05, 3.63) is 27.7 Å². The van der Waals surface area contributed by atoms with Gasteiger partial charge in [-0.05, 0) is 12.1 Å². The van der Waals surface area contributed by atoms with E-state index in [1.807, 2.05) is 0 Å². The number of esters is 1. The Morgan fingerprint density at radius 3 is 2.84 bits per heavy atom. The van der Waals surface area contributed by atoms with Crippen LogP contribution in [0.2, 0.25) is 10.0 Å². The summed E-state index contributed by atoms with van der Waals surface area (Å²) in [5, 5.41) is 0.879. The van der Waals surface area contributed by atoms with Crippen LogP contribution in [0.15, 0.2) is 17.1 Å². The van der Waals surface area contributed by atoms with E-state index >= 15 is 0 Å². The van der Waals surface area contributed by atoms with E-state index in [1.165, 1.54) is 7.11 Å². The number of benzene rings is 1. The molecule has 0 unspecified atom stereocenters. The second-order valence-electron chi connectivity index (χ2n) is 3.76. The normalized spacial score (nSPS) is 13.2. The molecule has 1 aliphatic heterocycles. The zero-order valence-corrected chi connectivity index (χ0v) is 13.2. The number of halogens is 3. The lowest BCUT2D eigenvalue weighted by molar-refractivity contribution is -0.141. The number of carbonyl (C=O) groups excluding carboxylic acids is 1. The molecule has 0 spiro atoms. The molecule has 1 aromatic rings. The molecule has 0 aliphatic carbocycles. The summed E-state index contributed by atoms with van der Waals surface area (Å²) in [7, 11) is 1.32. The molecule has 19 heavy (non-hydrogen) atoms. The van der Waals surface area contributed by atoms with Gasteiger partial charge in [0.05, 0.1) is 29.4 Å². The maximum atomic E-state index is 11.3. The summed E-state index contributed by atoms with van der Waals surface area (Å²) in [4.78, 5) is 17.0. The molecule has 8 heteroatoms. The van der Waals surface area contributed by atoms with E-state index in [1.54, 1.807) is 17.0 Å². The highest BCUT2D eigenvalue weighted by Gasteiger charge is 2.23. The van der Waals surface area contributed by atoms with E-state index in [9.17, 15) is 4.79 Å². The minimum absolute atomic E-state index is 0. The number of hydrogen-bond donors (Lipinski definition) is 1. The van der Waals surface area contributed by atoms with Gasteiger partial charge >= 0.3 is 5.97 Å². The summed E-state index contributed by atoms with van der Waals surface area (Å²) in [6.07, 6.45) is 0. The van der Waals surface area contributed by atoms with Crippen LogP contribution in [0.5, 0.6) is 0 Å². The molecular weight excluding hydrogens is 357 g/mol. The van der Waals surface area contributed by atoms with Crippen molar-refractivity contribution in [3.8, 4) is 0 Å². The molecular formula is C11H12BrCl2N3O2. The van der Waals surface area contributed by atoms with Gasteiger partial charge in [-0.25, -0.2) is 4.99 Å². The van der Waals surface area contributed by atoms with Gasteiger partial charge in [-0.3, -0.25) is 4.79 Å². The molecule has 0 amide bonds. The third-order valence-corrected chi connectivity index (χ3v) is 3.47. The number of rotatable bonds is 2. The molecule has 1 heterocycles. The average Bonchev–Trinajstić information content (AvgIpc) is 2.36. The molecule has 0 bridgehead atoms. The van der Waals surface area contributed by atoms with Gasteiger partial charge in [0.15, 0.2) is 5.96 Å². The highest BCUT2D eigenvalue weighted by Crippen LogP contribution is 2.36. The van der Waals surface area contributed by atoms with Crippen molar-refractivity contribution in [1.82, 2.24) is 4.90 Å². The second kappa shape index (κ2) is 6.45. The molecule has 2 rings (SSSR count). The maximum Gasteiger partial charge on any atom is 0.325 e. The Morgan fingerprint density at radius 1 is 1.53 bits per heavy atom. The number of nitrogens with two attached hydrogens (primary N) is 1. The lowest BCUT2D eigenvalue weighted by Crippen LogP contribution is -2.42. The van der Waals surface area contributed by atoms with Crippen LogP contribution in [0.3, 0.4) is 0 Å². The van der Waals surface area contributed by atoms with Gasteiger partial charge in [0.25, 0.3) is 0 Å². The average molecular weight is 369 g/mol. The van der Waals surface area contributed by atoms with Crippen LogP contribution in [0.1, 0.15) is 5.56 Å². The Balaban J connectivity index is 0.00000180. The number of fused-ring (bicyclic) bond motifs is 1. The predicted molar refractivity (Wildman–Crippen MR) is 80.5 cm³/mol. The van der Waals surface area contributed by atoms with Crippen LogP contribution in [0, 0.1) is 0 Å². The molecule has 104 valence electrons. The number of hydrogen-bond acceptors (Lipinski definition) is 5. The molecule has 0 saturated heterocycles. The van der Waals surface area contributed by atoms with Gasteiger partial charge < -0.3 is 15.4 Å². The Bertz CT molecular complexity index is 537. The zero-order chi connectivity index (χ0) is 13.3. The molecule has 0 atom stereocenters. The van der Waals surface area contributed by atoms with Gasteiger partial charge in [-0.1, -0.05) is 23.2 Å². The molecule has 5 nitrogen and oxygen atoms in total. The summed E-state index contributed by atoms with van der Waals surface area (Å²) < 4.78 is 4.59. The fraction of sp³-hybridized carbons (Fsp3) is 0.273. The second-order valence-corrected chi connectivity index (χ2v) is 4.55. The quantitative estimate of drug-likeness (QED) is 0.814. The van der Waals surface area contributed by atoms with Gasteiger partial charge in [0.1, 0.15) is 6.54 Å². The van der Waals surface area contributed by atoms with Crippen molar-refractivity contribution in [2.24, 2.45) is 10.7 Å². The van der Waals surface area contributed by atoms with Gasteiger partial charge in [0.2, 0.25) is 0 Å². The number of carbonyl (C=O) groups is 1. The highest BCUT2D eigenvalue weighted by atomic mass is 79.9. The van der Waals surface area contributed by atoms with Crippen molar-refractivity contribution in [2.75, 3.05) is 13.7 Å². The Kier molecular flexibility index (Phi) is 5.46. The van der Waals surface area contributed by atoms with Gasteiger partial charge in [0, 0.05) is 5.56 Å². The third kappa shape index (κ3) is 3.32. The summed E-state index contributed by atoms with van der Waals surface area (Å²) >= 11 is 12.1. The first-order valence-electron chi connectivity index (χ1n) is 5.15. The molecule has 0 radical (unpaired) electrons. The lowest BCUT2D eigenvalue weighted by Gasteiger charge is -2.27. The van der Waals surface area contributed by atoms with Crippen LogP contribution in [-0.2, 0) is 16.1 Å². The number of nitrogens with zero attached hydrogens (tertiary/aromatic N) is 2. The molecule has 1 aromatic carbocycles. The first-order chi connectivity index (χ1) is 8.52. The lowest BCUT2D eigenvalue weighted by atomic mass is 10.1. The van der Waals surface area contributed by atoms with Gasteiger partial charge in [-0.2, -0.15) is 0 Å². The Hall–Kier alpha value is -0.980. The van der Waals surface area contributed by atoms with Crippen molar-refractivity contribution in [3.63, 3.8) is 0 Å². The number of aliphatic imine (C=N–C) groups is 1. The first kappa shape index (κ1) is 16.1. The minimum atomic E-state index is -0.394. The summed E-state index contributed by atoms with van der Waals surface area (Å²) in [5.41, 5.74) is 7.20. The minimum Gasteiger partial charge on any atom is -0.468 e. The number of methoxy groups -OCH3 is 1. The summed E-state index contributed by atoms with van der Waals surface area (Å²) in [6, 6.07) is 3.40. The van der Waals surface area contributed by atoms with Crippen LogP contribution in [-0.4, -0.2) is 30.5 Å². The molecule has 2 N–H and O–H groups in total. The maximum absolute atomic E-state index is 11.3. The third-order valence-electron chi connectivity index (χ3n) is 2.63. The van der Waals surface area contributed by atoms with Crippen LogP contribution in [0.25, 0.3) is 0 Å². The van der Waals surface area contributed by atoms with E-state index in [0.717, 1.165) is 5.56 Å². The van der Waals surface area contributed by atoms with E-state index < -0.39 is 5.97 Å². The van der Waals surface area contributed by atoms with Crippen molar-refractivity contribution >= 4 is 57.8 Å². The molecule has 0 saturated carbocycles. The van der Waals surface area contributed by atoms with Gasteiger partial charge in [-0.15, -0.1) is 17.0 Å².